The average Bonchev–Trinajstić information content (AvgIpc) is 3.26. The summed E-state index contributed by atoms with van der Waals surface area (Å²) in [6.45, 7) is 9.81. The second-order valence-electron chi connectivity index (χ2n) is 9.29. The monoisotopic (exact) mass is 395 g/mol. The zero-order chi connectivity index (χ0) is 20.8. The predicted molar refractivity (Wildman–Crippen MR) is 111 cm³/mol. The Morgan fingerprint density at radius 2 is 1.97 bits per heavy atom. The van der Waals surface area contributed by atoms with Gasteiger partial charge < -0.3 is 9.42 Å². The van der Waals surface area contributed by atoms with Crippen molar-refractivity contribution in [3.8, 4) is 11.5 Å². The van der Waals surface area contributed by atoms with Crippen LogP contribution in [0.2, 0.25) is 0 Å². The van der Waals surface area contributed by atoms with Gasteiger partial charge in [-0.15, -0.1) is 0 Å². The largest absolute Gasteiger partial charge is 0.343 e. The highest BCUT2D eigenvalue weighted by atomic mass is 16.5. The van der Waals surface area contributed by atoms with Crippen molar-refractivity contribution in [2.24, 2.45) is 12.5 Å². The van der Waals surface area contributed by atoms with Crippen molar-refractivity contribution in [3.05, 3.63) is 29.7 Å². The summed E-state index contributed by atoms with van der Waals surface area (Å²) in [5.74, 6) is 1.74. The van der Waals surface area contributed by atoms with Gasteiger partial charge in [-0.05, 0) is 37.3 Å². The van der Waals surface area contributed by atoms with Gasteiger partial charge in [0.2, 0.25) is 5.91 Å². The first-order valence-corrected chi connectivity index (χ1v) is 10.3. The number of fused-ring (bicyclic) bond motifs is 1. The molecule has 2 aromatic heterocycles. The number of hydrogen-bond acceptors (Lipinski definition) is 5. The number of hydrogen-bond donors (Lipinski definition) is 0. The predicted octanol–water partition coefficient (Wildman–Crippen LogP) is 4.07. The highest BCUT2D eigenvalue weighted by molar-refractivity contribution is 5.85. The summed E-state index contributed by atoms with van der Waals surface area (Å²) in [6, 6.07) is 6.10. The number of carbonyl (C=O) groups is 1. The molecule has 154 valence electrons. The molecule has 1 aliphatic heterocycles. The topological polar surface area (TPSA) is 77.1 Å². The maximum absolute atomic E-state index is 12.5. The lowest BCUT2D eigenvalue weighted by Gasteiger charge is -2.32. The molecule has 7 nitrogen and oxygen atoms in total. The van der Waals surface area contributed by atoms with Crippen LogP contribution in [0.15, 0.2) is 22.7 Å². The molecular formula is C22H29N5O2. The van der Waals surface area contributed by atoms with E-state index in [-0.39, 0.29) is 17.2 Å². The first-order chi connectivity index (χ1) is 13.7. The van der Waals surface area contributed by atoms with Crippen LogP contribution >= 0.6 is 0 Å². The van der Waals surface area contributed by atoms with Gasteiger partial charge >= 0.3 is 0 Å². The van der Waals surface area contributed by atoms with Gasteiger partial charge in [0, 0.05) is 43.4 Å². The molecule has 0 aliphatic carbocycles. The van der Waals surface area contributed by atoms with Gasteiger partial charge in [-0.1, -0.05) is 32.0 Å². The van der Waals surface area contributed by atoms with Gasteiger partial charge in [-0.25, -0.2) is 0 Å². The van der Waals surface area contributed by atoms with Crippen LogP contribution in [0.25, 0.3) is 22.4 Å². The van der Waals surface area contributed by atoms with E-state index in [1.807, 2.05) is 35.7 Å². The third kappa shape index (κ3) is 4.04. The minimum absolute atomic E-state index is 0.0179. The van der Waals surface area contributed by atoms with Crippen molar-refractivity contribution in [2.75, 3.05) is 13.1 Å². The maximum atomic E-state index is 12.5. The van der Waals surface area contributed by atoms with E-state index in [1.165, 1.54) is 0 Å². The molecule has 3 heterocycles. The van der Waals surface area contributed by atoms with Crippen LogP contribution < -0.4 is 0 Å². The Kier molecular flexibility index (Phi) is 4.92. The normalized spacial score (nSPS) is 16.0. The molecule has 1 saturated heterocycles. The number of aryl methyl sites for hydroxylation is 2. The fourth-order valence-electron chi connectivity index (χ4n) is 4.04. The van der Waals surface area contributed by atoms with Gasteiger partial charge in [0.25, 0.3) is 5.89 Å². The van der Waals surface area contributed by atoms with Gasteiger partial charge in [0.15, 0.2) is 5.82 Å². The third-order valence-electron chi connectivity index (χ3n) is 5.62. The third-order valence-corrected chi connectivity index (χ3v) is 5.62. The summed E-state index contributed by atoms with van der Waals surface area (Å²) in [6.07, 6.45) is 2.32. The molecule has 0 atom stereocenters. The lowest BCUT2D eigenvalue weighted by atomic mass is 9.90. The number of nitrogens with zero attached hydrogens (tertiary/aromatic N) is 5. The molecular weight excluding hydrogens is 366 g/mol. The standard InChI is InChI=1S/C22H29N5O2/c1-14-17-7-6-16(12-18(17)26(5)24-14)21-23-20(25-29-21)15-8-10-27(11-9-15)19(28)13-22(2,3)4/h6-7,12,15H,8-11,13H2,1-5H3. The van der Waals surface area contributed by atoms with Crippen molar-refractivity contribution >= 4 is 16.8 Å². The lowest BCUT2D eigenvalue weighted by Crippen LogP contribution is -2.39. The molecule has 1 fully saturated rings. The summed E-state index contributed by atoms with van der Waals surface area (Å²) < 4.78 is 7.44. The van der Waals surface area contributed by atoms with Crippen LogP contribution in [0.5, 0.6) is 0 Å². The molecule has 0 saturated carbocycles. The SMILES string of the molecule is Cc1nn(C)c2cc(-c3nc(C4CCN(C(=O)CC(C)(C)C)CC4)no3)ccc12. The first kappa shape index (κ1) is 19.6. The summed E-state index contributed by atoms with van der Waals surface area (Å²) in [7, 11) is 1.94. The van der Waals surface area contributed by atoms with Crippen LogP contribution in [0, 0.1) is 12.3 Å². The van der Waals surface area contributed by atoms with Crippen molar-refractivity contribution < 1.29 is 9.32 Å². The molecule has 1 aliphatic rings. The van der Waals surface area contributed by atoms with Crippen LogP contribution in [0.1, 0.15) is 57.5 Å². The first-order valence-electron chi connectivity index (χ1n) is 10.3. The second-order valence-corrected chi connectivity index (χ2v) is 9.29. The molecule has 1 aromatic carbocycles. The van der Waals surface area contributed by atoms with E-state index < -0.39 is 0 Å². The molecule has 1 amide bonds. The number of amides is 1. The van der Waals surface area contributed by atoms with E-state index in [0.717, 1.165) is 53.9 Å². The Morgan fingerprint density at radius 1 is 1.24 bits per heavy atom. The highest BCUT2D eigenvalue weighted by Crippen LogP contribution is 2.30. The van der Waals surface area contributed by atoms with E-state index in [1.54, 1.807) is 0 Å². The van der Waals surface area contributed by atoms with Gasteiger partial charge in [-0.2, -0.15) is 10.1 Å². The molecule has 29 heavy (non-hydrogen) atoms. The van der Waals surface area contributed by atoms with Crippen LogP contribution in [0.3, 0.4) is 0 Å². The Labute approximate surface area is 171 Å². The summed E-state index contributed by atoms with van der Waals surface area (Å²) in [4.78, 5) is 19.1. The summed E-state index contributed by atoms with van der Waals surface area (Å²) in [5, 5.41) is 9.83. The highest BCUT2D eigenvalue weighted by Gasteiger charge is 2.29. The number of carbonyl (C=O) groups excluding carboxylic acids is 1. The summed E-state index contributed by atoms with van der Waals surface area (Å²) >= 11 is 0. The van der Waals surface area contributed by atoms with Crippen LogP contribution in [-0.4, -0.2) is 43.8 Å². The number of piperidine rings is 1. The Balaban J connectivity index is 1.45. The quantitative estimate of drug-likeness (QED) is 0.668. The zero-order valence-electron chi connectivity index (χ0n) is 17.9. The maximum Gasteiger partial charge on any atom is 0.258 e. The number of benzene rings is 1. The molecule has 4 rings (SSSR count). The molecule has 0 bridgehead atoms. The van der Waals surface area contributed by atoms with Crippen LogP contribution in [0.4, 0.5) is 0 Å². The minimum atomic E-state index is 0.0179. The zero-order valence-corrected chi connectivity index (χ0v) is 17.9. The van der Waals surface area contributed by atoms with Gasteiger partial charge in [0.05, 0.1) is 11.2 Å². The van der Waals surface area contributed by atoms with Gasteiger partial charge in [-0.3, -0.25) is 9.48 Å². The van der Waals surface area contributed by atoms with Crippen LogP contribution in [-0.2, 0) is 11.8 Å². The number of rotatable bonds is 3. The van der Waals surface area contributed by atoms with E-state index in [9.17, 15) is 4.79 Å². The van der Waals surface area contributed by atoms with E-state index in [4.69, 9.17) is 4.52 Å². The minimum Gasteiger partial charge on any atom is -0.343 e. The number of aromatic nitrogens is 4. The molecule has 0 radical (unpaired) electrons. The van der Waals surface area contributed by atoms with E-state index in [0.29, 0.717) is 12.3 Å². The average molecular weight is 396 g/mol. The van der Waals surface area contributed by atoms with E-state index in [2.05, 4.69) is 42.1 Å². The van der Waals surface area contributed by atoms with Crippen molar-refractivity contribution in [1.82, 2.24) is 24.8 Å². The summed E-state index contributed by atoms with van der Waals surface area (Å²) in [5.41, 5.74) is 2.97. The molecule has 0 spiro atoms. The van der Waals surface area contributed by atoms with E-state index >= 15 is 0 Å². The molecule has 0 unspecified atom stereocenters. The Hall–Kier alpha value is -2.70. The Bertz CT molecular complexity index is 1040. The second kappa shape index (κ2) is 7.28. The van der Waals surface area contributed by atoms with Crippen molar-refractivity contribution in [2.45, 2.75) is 52.9 Å². The van der Waals surface area contributed by atoms with Gasteiger partial charge in [0.1, 0.15) is 0 Å². The fourth-order valence-corrected chi connectivity index (χ4v) is 4.04. The van der Waals surface area contributed by atoms with Crippen molar-refractivity contribution in [3.63, 3.8) is 0 Å². The fraction of sp³-hybridized carbons (Fsp3) is 0.545. The van der Waals surface area contributed by atoms with Crippen molar-refractivity contribution in [1.29, 1.82) is 0 Å². The molecule has 3 aromatic rings. The smallest absolute Gasteiger partial charge is 0.258 e. The Morgan fingerprint density at radius 3 is 2.66 bits per heavy atom. The molecule has 7 heteroatoms. The number of likely N-dealkylation sites (tertiary alicyclic amines) is 1. The lowest BCUT2D eigenvalue weighted by molar-refractivity contribution is -0.134. The molecule has 0 N–H and O–H groups in total.